The Labute approximate surface area is 187 Å². The van der Waals surface area contributed by atoms with Crippen LogP contribution in [0.1, 0.15) is 24.3 Å². The van der Waals surface area contributed by atoms with Crippen molar-refractivity contribution in [3.8, 4) is 0 Å². The fraction of sp³-hybridized carbons (Fsp3) is 0.320. The molecule has 1 fully saturated rings. The number of aromatic nitrogens is 1. The van der Waals surface area contributed by atoms with Crippen LogP contribution in [0, 0.1) is 5.92 Å². The van der Waals surface area contributed by atoms with Crippen molar-refractivity contribution in [3.63, 3.8) is 0 Å². The van der Waals surface area contributed by atoms with Gasteiger partial charge in [0.1, 0.15) is 0 Å². The Kier molecular flexibility index (Phi) is 7.09. The second-order valence-corrected chi connectivity index (χ2v) is 8.24. The molecule has 1 aliphatic rings. The molecule has 0 aliphatic carbocycles. The minimum atomic E-state index is -0.380. The van der Waals surface area contributed by atoms with Crippen LogP contribution >= 0.6 is 0 Å². The monoisotopic (exact) mass is 431 g/mol. The van der Waals surface area contributed by atoms with Crippen LogP contribution in [0.15, 0.2) is 66.9 Å². The van der Waals surface area contributed by atoms with E-state index in [1.165, 1.54) is 0 Å². The summed E-state index contributed by atoms with van der Waals surface area (Å²) in [7, 11) is 0. The van der Waals surface area contributed by atoms with E-state index in [9.17, 15) is 9.59 Å². The molecule has 7 nitrogen and oxygen atoms in total. The second kappa shape index (κ2) is 10.3. The summed E-state index contributed by atoms with van der Waals surface area (Å²) in [5.74, 6) is -0.175. The molecule has 32 heavy (non-hydrogen) atoms. The fourth-order valence-corrected chi connectivity index (χ4v) is 4.17. The average molecular weight is 432 g/mol. The zero-order valence-electron chi connectivity index (χ0n) is 18.0. The van der Waals surface area contributed by atoms with Gasteiger partial charge in [0.2, 0.25) is 11.8 Å². The van der Waals surface area contributed by atoms with Crippen molar-refractivity contribution in [2.24, 2.45) is 11.7 Å². The van der Waals surface area contributed by atoms with Gasteiger partial charge in [0.05, 0.1) is 17.5 Å². The van der Waals surface area contributed by atoms with Crippen LogP contribution in [-0.2, 0) is 9.59 Å². The molecule has 2 aromatic carbocycles. The smallest absolute Gasteiger partial charge is 0.237 e. The van der Waals surface area contributed by atoms with Crippen LogP contribution in [0.4, 0.5) is 5.69 Å². The van der Waals surface area contributed by atoms with Crippen LogP contribution in [0.3, 0.4) is 0 Å². The maximum absolute atomic E-state index is 13.2. The van der Waals surface area contributed by atoms with Crippen molar-refractivity contribution in [1.29, 1.82) is 0 Å². The summed E-state index contributed by atoms with van der Waals surface area (Å²) in [5, 5.41) is 10.2. The van der Waals surface area contributed by atoms with Crippen LogP contribution < -0.4 is 21.7 Å². The molecule has 1 aromatic heterocycles. The van der Waals surface area contributed by atoms with Crippen molar-refractivity contribution in [2.45, 2.75) is 24.8 Å². The summed E-state index contributed by atoms with van der Waals surface area (Å²) in [6, 6.07) is 19.0. The van der Waals surface area contributed by atoms with Gasteiger partial charge in [-0.25, -0.2) is 0 Å². The Bertz CT molecular complexity index is 1070. The average Bonchev–Trinajstić information content (AvgIpc) is 3.32. The largest absolute Gasteiger partial charge is 0.355 e. The lowest BCUT2D eigenvalue weighted by Gasteiger charge is -2.19. The normalized spacial score (nSPS) is 18.9. The fourth-order valence-electron chi connectivity index (χ4n) is 4.17. The Hall–Kier alpha value is -3.29. The van der Waals surface area contributed by atoms with E-state index >= 15 is 0 Å². The third-order valence-corrected chi connectivity index (χ3v) is 5.99. The van der Waals surface area contributed by atoms with Crippen molar-refractivity contribution in [2.75, 3.05) is 25.0 Å². The quantitative estimate of drug-likeness (QED) is 0.438. The van der Waals surface area contributed by atoms with Crippen LogP contribution in [0.25, 0.3) is 10.9 Å². The molecule has 1 unspecified atom stereocenters. The number of hydrogen-bond donors (Lipinski definition) is 4. The first-order chi connectivity index (χ1) is 15.6. The molecule has 0 bridgehead atoms. The summed E-state index contributed by atoms with van der Waals surface area (Å²) >= 11 is 0. The Morgan fingerprint density at radius 1 is 1.12 bits per heavy atom. The summed E-state index contributed by atoms with van der Waals surface area (Å²) < 4.78 is 0. The van der Waals surface area contributed by atoms with Crippen molar-refractivity contribution >= 4 is 28.4 Å². The lowest BCUT2D eigenvalue weighted by molar-refractivity contribution is -0.123. The topological polar surface area (TPSA) is 109 Å². The highest BCUT2D eigenvalue weighted by molar-refractivity contribution is 5.97. The molecule has 0 radical (unpaired) electrons. The van der Waals surface area contributed by atoms with Gasteiger partial charge in [-0.15, -0.1) is 0 Å². The number of carbonyl (C=O) groups is 2. The molecule has 0 spiro atoms. The first-order valence-electron chi connectivity index (χ1n) is 11.1. The molecule has 7 heteroatoms. The molecule has 1 aliphatic heterocycles. The number of carbonyl (C=O) groups excluding carboxylic acids is 2. The molecule has 3 aromatic rings. The first kappa shape index (κ1) is 21.9. The van der Waals surface area contributed by atoms with E-state index in [1.54, 1.807) is 6.20 Å². The third-order valence-electron chi connectivity index (χ3n) is 5.99. The molecule has 0 saturated carbocycles. The molecule has 1 saturated heterocycles. The minimum Gasteiger partial charge on any atom is -0.355 e. The minimum absolute atomic E-state index is 0.0322. The zero-order valence-corrected chi connectivity index (χ0v) is 18.0. The molecule has 2 heterocycles. The van der Waals surface area contributed by atoms with E-state index in [4.69, 9.17) is 5.73 Å². The van der Waals surface area contributed by atoms with E-state index < -0.39 is 0 Å². The van der Waals surface area contributed by atoms with Gasteiger partial charge in [-0.3, -0.25) is 14.6 Å². The van der Waals surface area contributed by atoms with Gasteiger partial charge in [0.25, 0.3) is 0 Å². The van der Waals surface area contributed by atoms with Crippen LogP contribution in [0.2, 0.25) is 0 Å². The lowest BCUT2D eigenvalue weighted by Crippen LogP contribution is -2.41. The highest BCUT2D eigenvalue weighted by atomic mass is 16.2. The van der Waals surface area contributed by atoms with Gasteiger partial charge in [-0.05, 0) is 61.7 Å². The summed E-state index contributed by atoms with van der Waals surface area (Å²) in [6.45, 7) is 1.77. The van der Waals surface area contributed by atoms with Gasteiger partial charge in [0, 0.05) is 23.8 Å². The van der Waals surface area contributed by atoms with E-state index in [-0.39, 0.29) is 23.8 Å². The number of amides is 2. The van der Waals surface area contributed by atoms with E-state index in [0.717, 1.165) is 35.1 Å². The molecule has 4 rings (SSSR count). The maximum Gasteiger partial charge on any atom is 0.237 e. The Balaban J connectivity index is 1.41. The SMILES string of the molecule is NC[C@H]1CN[C@H](C(=O)NCCC(C(=O)Nc2ccc3ncccc3c2)c2ccccc2)C1. The number of nitrogens with one attached hydrogen (secondary N) is 3. The number of benzene rings is 2. The summed E-state index contributed by atoms with van der Waals surface area (Å²) in [4.78, 5) is 30.0. The van der Waals surface area contributed by atoms with E-state index in [2.05, 4.69) is 20.9 Å². The standard InChI is InChI=1S/C25H29N5O2/c26-15-17-13-23(29-16-17)25(32)28-12-10-21(18-5-2-1-3-6-18)24(31)30-20-8-9-22-19(14-20)7-4-11-27-22/h1-9,11,14,17,21,23,29H,10,12-13,15-16,26H2,(H,28,32)(H,30,31)/t17-,21?,23-/m0/s1. The molecule has 166 valence electrons. The molecular formula is C25H29N5O2. The van der Waals surface area contributed by atoms with Gasteiger partial charge >= 0.3 is 0 Å². The van der Waals surface area contributed by atoms with E-state index in [1.807, 2.05) is 60.7 Å². The number of rotatable bonds is 8. The lowest BCUT2D eigenvalue weighted by atomic mass is 9.94. The number of nitrogens with zero attached hydrogens (tertiary/aromatic N) is 1. The highest BCUT2D eigenvalue weighted by Crippen LogP contribution is 2.23. The predicted octanol–water partition coefficient (Wildman–Crippen LogP) is 2.40. The number of nitrogens with two attached hydrogens (primary N) is 1. The van der Waals surface area contributed by atoms with Crippen molar-refractivity contribution < 1.29 is 9.59 Å². The zero-order chi connectivity index (χ0) is 22.3. The van der Waals surface area contributed by atoms with Crippen LogP contribution in [0.5, 0.6) is 0 Å². The summed E-state index contributed by atoms with van der Waals surface area (Å²) in [6.07, 6.45) is 3.00. The summed E-state index contributed by atoms with van der Waals surface area (Å²) in [5.41, 5.74) is 8.23. The molecule has 3 atom stereocenters. The third kappa shape index (κ3) is 5.30. The van der Waals surface area contributed by atoms with Gasteiger partial charge < -0.3 is 21.7 Å². The maximum atomic E-state index is 13.2. The molecular weight excluding hydrogens is 402 g/mol. The molecule has 2 amide bonds. The number of fused-ring (bicyclic) bond motifs is 1. The highest BCUT2D eigenvalue weighted by Gasteiger charge is 2.28. The predicted molar refractivity (Wildman–Crippen MR) is 126 cm³/mol. The molecule has 5 N–H and O–H groups in total. The van der Waals surface area contributed by atoms with E-state index in [0.29, 0.717) is 25.4 Å². The van der Waals surface area contributed by atoms with Gasteiger partial charge in [-0.1, -0.05) is 36.4 Å². The number of pyridine rings is 1. The number of hydrogen-bond acceptors (Lipinski definition) is 5. The number of anilines is 1. The van der Waals surface area contributed by atoms with Gasteiger partial charge in [0.15, 0.2) is 0 Å². The second-order valence-electron chi connectivity index (χ2n) is 8.24. The van der Waals surface area contributed by atoms with Crippen LogP contribution in [-0.4, -0.2) is 42.5 Å². The van der Waals surface area contributed by atoms with Crippen molar-refractivity contribution in [3.05, 3.63) is 72.4 Å². The first-order valence-corrected chi connectivity index (χ1v) is 11.1. The van der Waals surface area contributed by atoms with Gasteiger partial charge in [-0.2, -0.15) is 0 Å². The Morgan fingerprint density at radius 2 is 1.97 bits per heavy atom. The van der Waals surface area contributed by atoms with Crippen molar-refractivity contribution in [1.82, 2.24) is 15.6 Å². The Morgan fingerprint density at radius 3 is 2.75 bits per heavy atom.